The number of hydrogen-bond acceptors (Lipinski definition) is 7. The molecule has 0 fully saturated rings. The number of benzene rings is 3. The molecule has 0 saturated carbocycles. The Morgan fingerprint density at radius 1 is 0.977 bits per heavy atom. The van der Waals surface area contributed by atoms with E-state index in [2.05, 4.69) is 48.2 Å². The van der Waals surface area contributed by atoms with Crippen LogP contribution in [0.2, 0.25) is 0 Å². The number of aliphatic hydroxyl groups is 1. The number of hydrogen-bond donors (Lipinski definition) is 2. The van der Waals surface area contributed by atoms with Gasteiger partial charge in [0.2, 0.25) is 0 Å². The maximum atomic E-state index is 13.8. The highest BCUT2D eigenvalue weighted by atomic mass is 16.5. The Kier molecular flexibility index (Phi) is 10.1. The number of aromatic nitrogens is 1. The van der Waals surface area contributed by atoms with Gasteiger partial charge in [-0.1, -0.05) is 43.3 Å². The zero-order valence-electron chi connectivity index (χ0n) is 25.9. The van der Waals surface area contributed by atoms with Gasteiger partial charge < -0.3 is 24.8 Å². The number of likely N-dealkylation sites (N-methyl/N-ethyl adjacent to an activating group) is 1. The van der Waals surface area contributed by atoms with Crippen LogP contribution in [0.25, 0.3) is 0 Å². The molecule has 4 atom stereocenters. The van der Waals surface area contributed by atoms with Gasteiger partial charge in [-0.25, -0.2) is 0 Å². The molecule has 230 valence electrons. The van der Waals surface area contributed by atoms with Crippen molar-refractivity contribution in [3.8, 4) is 17.2 Å². The van der Waals surface area contributed by atoms with Crippen LogP contribution in [0.5, 0.6) is 17.2 Å². The highest BCUT2D eigenvalue weighted by Gasteiger charge is 2.37. The Bertz CT molecular complexity index is 1500. The van der Waals surface area contributed by atoms with Gasteiger partial charge in [0.15, 0.2) is 5.75 Å². The summed E-state index contributed by atoms with van der Waals surface area (Å²) in [5, 5.41) is 13.5. The number of nitrogens with one attached hydrogen (secondary N) is 1. The van der Waals surface area contributed by atoms with E-state index < -0.39 is 0 Å². The molecule has 4 unspecified atom stereocenters. The fourth-order valence-electron chi connectivity index (χ4n) is 5.60. The average Bonchev–Trinajstić information content (AvgIpc) is 3.05. The molecule has 2 heterocycles. The molecule has 0 aliphatic carbocycles. The van der Waals surface area contributed by atoms with E-state index in [0.717, 1.165) is 28.3 Å². The summed E-state index contributed by atoms with van der Waals surface area (Å²) in [5.41, 5.74) is 3.48. The fraction of sp³-hybridized carbons (Fsp3) is 0.333. The minimum absolute atomic E-state index is 0.00540. The average molecular weight is 595 g/mol. The lowest BCUT2D eigenvalue weighted by Gasteiger charge is -2.41. The summed E-state index contributed by atoms with van der Waals surface area (Å²) in [5.74, 6) is 1.99. The molecule has 1 aliphatic heterocycles. The van der Waals surface area contributed by atoms with Crippen LogP contribution >= 0.6 is 0 Å². The van der Waals surface area contributed by atoms with Gasteiger partial charge in [0.1, 0.15) is 17.6 Å². The highest BCUT2D eigenvalue weighted by molar-refractivity contribution is 5.99. The molecule has 4 aromatic rings. The van der Waals surface area contributed by atoms with Gasteiger partial charge in [0.25, 0.3) is 5.91 Å². The van der Waals surface area contributed by atoms with E-state index in [0.29, 0.717) is 30.9 Å². The Morgan fingerprint density at radius 3 is 2.39 bits per heavy atom. The van der Waals surface area contributed by atoms with Crippen LogP contribution in [0.1, 0.15) is 42.3 Å². The Labute approximate surface area is 260 Å². The lowest BCUT2D eigenvalue weighted by atomic mass is 9.94. The molecule has 3 aromatic carbocycles. The first kappa shape index (κ1) is 31.0. The molecular formula is C36H42N4O4. The Balaban J connectivity index is 1.38. The van der Waals surface area contributed by atoms with Crippen molar-refractivity contribution in [1.82, 2.24) is 14.8 Å². The minimum Gasteiger partial charge on any atom is -0.485 e. The number of para-hydroxylation sites is 2. The summed E-state index contributed by atoms with van der Waals surface area (Å²) in [6.07, 6.45) is 3.30. The van der Waals surface area contributed by atoms with Crippen molar-refractivity contribution in [1.29, 1.82) is 0 Å². The van der Waals surface area contributed by atoms with Crippen LogP contribution in [0.15, 0.2) is 97.3 Å². The van der Waals surface area contributed by atoms with Crippen molar-refractivity contribution < 1.29 is 19.4 Å². The van der Waals surface area contributed by atoms with Crippen molar-refractivity contribution in [3.05, 3.63) is 114 Å². The van der Waals surface area contributed by atoms with Crippen LogP contribution in [0.3, 0.4) is 0 Å². The SMILES string of the molecule is CC1CN(C(C)CO)C(=O)c2cccc(NCc3ccncc3)c2OC1C(C)N(C)Cc1ccc(Oc2ccccc2)cc1. The molecular weight excluding hydrogens is 552 g/mol. The lowest BCUT2D eigenvalue weighted by molar-refractivity contribution is 0.0156. The van der Waals surface area contributed by atoms with Crippen molar-refractivity contribution >= 4 is 11.6 Å². The van der Waals surface area contributed by atoms with Crippen molar-refractivity contribution in [2.45, 2.75) is 52.0 Å². The van der Waals surface area contributed by atoms with Crippen LogP contribution in [0, 0.1) is 5.92 Å². The van der Waals surface area contributed by atoms with Gasteiger partial charge in [-0.3, -0.25) is 14.7 Å². The highest BCUT2D eigenvalue weighted by Crippen LogP contribution is 2.36. The number of carbonyl (C=O) groups excluding carboxylic acids is 1. The standard InChI is InChI=1S/C36H42N4O4/c1-25-22-40(26(2)24-41)36(42)32-11-8-12-33(38-21-28-17-19-37-20-18-28)35(32)44-34(25)27(3)39(4)23-29-13-15-31(16-14-29)43-30-9-6-5-7-10-30/h5-20,25-27,34,38,41H,21-24H2,1-4H3. The summed E-state index contributed by atoms with van der Waals surface area (Å²) >= 11 is 0. The van der Waals surface area contributed by atoms with Crippen LogP contribution < -0.4 is 14.8 Å². The predicted octanol–water partition coefficient (Wildman–Crippen LogP) is 6.23. The first-order valence-corrected chi connectivity index (χ1v) is 15.2. The van der Waals surface area contributed by atoms with E-state index in [9.17, 15) is 9.90 Å². The zero-order valence-corrected chi connectivity index (χ0v) is 25.9. The minimum atomic E-state index is -0.324. The van der Waals surface area contributed by atoms with Crippen molar-refractivity contribution in [2.24, 2.45) is 5.92 Å². The largest absolute Gasteiger partial charge is 0.485 e. The summed E-state index contributed by atoms with van der Waals surface area (Å²) in [6, 6.07) is 27.1. The molecule has 8 nitrogen and oxygen atoms in total. The van der Waals surface area contributed by atoms with E-state index in [-0.39, 0.29) is 36.6 Å². The third-order valence-electron chi connectivity index (χ3n) is 8.34. The molecule has 0 bridgehead atoms. The summed E-state index contributed by atoms with van der Waals surface area (Å²) in [6.45, 7) is 7.81. The zero-order chi connectivity index (χ0) is 31.1. The molecule has 1 aliphatic rings. The monoisotopic (exact) mass is 594 g/mol. The van der Waals surface area contributed by atoms with Gasteiger partial charge in [-0.2, -0.15) is 0 Å². The number of nitrogens with zero attached hydrogens (tertiary/aromatic N) is 3. The topological polar surface area (TPSA) is 87.2 Å². The van der Waals surface area contributed by atoms with E-state index in [1.165, 1.54) is 0 Å². The quantitative estimate of drug-likeness (QED) is 0.213. The molecule has 0 saturated heterocycles. The number of anilines is 1. The van der Waals surface area contributed by atoms with Crippen molar-refractivity contribution in [3.63, 3.8) is 0 Å². The summed E-state index contributed by atoms with van der Waals surface area (Å²) in [4.78, 5) is 22.0. The summed E-state index contributed by atoms with van der Waals surface area (Å²) in [7, 11) is 2.10. The van der Waals surface area contributed by atoms with Gasteiger partial charge >= 0.3 is 0 Å². The number of amides is 1. The molecule has 44 heavy (non-hydrogen) atoms. The Morgan fingerprint density at radius 2 is 1.68 bits per heavy atom. The first-order chi connectivity index (χ1) is 21.3. The fourth-order valence-corrected chi connectivity index (χ4v) is 5.60. The number of carbonyl (C=O) groups is 1. The third kappa shape index (κ3) is 7.38. The van der Waals surface area contributed by atoms with Crippen LogP contribution in [-0.2, 0) is 13.1 Å². The van der Waals surface area contributed by atoms with Gasteiger partial charge in [0.05, 0.1) is 23.9 Å². The molecule has 8 heteroatoms. The molecule has 5 rings (SSSR count). The smallest absolute Gasteiger partial charge is 0.258 e. The number of fused-ring (bicyclic) bond motifs is 1. The number of aliphatic hydroxyl groups excluding tert-OH is 1. The number of pyridine rings is 1. The normalized spacial score (nSPS) is 18.0. The van der Waals surface area contributed by atoms with Crippen molar-refractivity contribution in [2.75, 3.05) is 25.5 Å². The van der Waals surface area contributed by atoms with Gasteiger partial charge in [-0.05, 0) is 80.6 Å². The maximum Gasteiger partial charge on any atom is 0.258 e. The van der Waals surface area contributed by atoms with Crippen LogP contribution in [0.4, 0.5) is 5.69 Å². The molecule has 0 radical (unpaired) electrons. The van der Waals surface area contributed by atoms with E-state index in [1.807, 2.05) is 79.7 Å². The third-order valence-corrected chi connectivity index (χ3v) is 8.34. The molecule has 1 aromatic heterocycles. The first-order valence-electron chi connectivity index (χ1n) is 15.2. The second-order valence-corrected chi connectivity index (χ2v) is 11.7. The lowest BCUT2D eigenvalue weighted by Crippen LogP contribution is -2.52. The van der Waals surface area contributed by atoms with E-state index in [1.54, 1.807) is 17.3 Å². The molecule has 2 N–H and O–H groups in total. The second-order valence-electron chi connectivity index (χ2n) is 11.7. The van der Waals surface area contributed by atoms with Crippen LogP contribution in [-0.4, -0.2) is 64.2 Å². The second kappa shape index (κ2) is 14.4. The summed E-state index contributed by atoms with van der Waals surface area (Å²) < 4.78 is 12.8. The number of ether oxygens (including phenoxy) is 2. The van der Waals surface area contributed by atoms with Gasteiger partial charge in [0, 0.05) is 44.0 Å². The maximum absolute atomic E-state index is 13.8. The van der Waals surface area contributed by atoms with Gasteiger partial charge in [-0.15, -0.1) is 0 Å². The molecule has 1 amide bonds. The number of rotatable bonds is 11. The van der Waals surface area contributed by atoms with E-state index in [4.69, 9.17) is 9.47 Å². The van der Waals surface area contributed by atoms with E-state index >= 15 is 0 Å². The molecule has 0 spiro atoms. The Hall–Kier alpha value is -4.40. The predicted molar refractivity (Wildman–Crippen MR) is 173 cm³/mol.